The first-order chi connectivity index (χ1) is 12.1. The average Bonchev–Trinajstić information content (AvgIpc) is 2.63. The molecule has 1 aromatic carbocycles. The third kappa shape index (κ3) is 5.47. The molecule has 7 heteroatoms. The number of aromatic nitrogens is 2. The number of nitrogens with one attached hydrogen (secondary N) is 1. The van der Waals surface area contributed by atoms with Gasteiger partial charge in [-0.05, 0) is 24.6 Å². The van der Waals surface area contributed by atoms with Crippen LogP contribution in [-0.4, -0.2) is 29.3 Å². The van der Waals surface area contributed by atoms with E-state index in [4.69, 9.17) is 26.8 Å². The molecule has 25 heavy (non-hydrogen) atoms. The molecule has 1 fully saturated rings. The highest BCUT2D eigenvalue weighted by molar-refractivity contribution is 6.32. The third-order valence-corrected chi connectivity index (χ3v) is 3.89. The van der Waals surface area contributed by atoms with Crippen LogP contribution in [0.5, 0.6) is 5.75 Å². The molecule has 1 aromatic heterocycles. The summed E-state index contributed by atoms with van der Waals surface area (Å²) in [5, 5.41) is 3.59. The van der Waals surface area contributed by atoms with Crippen molar-refractivity contribution in [3.05, 3.63) is 35.0 Å². The average molecular weight is 365 g/mol. The number of hydrogen-bond acceptors (Lipinski definition) is 6. The highest BCUT2D eigenvalue weighted by Crippen LogP contribution is 2.32. The molecule has 3 N–H and O–H groups in total. The van der Waals surface area contributed by atoms with Gasteiger partial charge in [-0.15, -0.1) is 0 Å². The topological polar surface area (TPSA) is 82.3 Å². The predicted octanol–water partition coefficient (Wildman–Crippen LogP) is 4.35. The van der Waals surface area contributed by atoms with Crippen LogP contribution in [0.1, 0.15) is 32.3 Å². The quantitative estimate of drug-likeness (QED) is 0.839. The van der Waals surface area contributed by atoms with Crippen LogP contribution in [0.3, 0.4) is 0 Å². The number of nitrogens with zero attached hydrogens (tertiary/aromatic N) is 2. The van der Waals surface area contributed by atoms with Crippen LogP contribution in [0.25, 0.3) is 0 Å². The summed E-state index contributed by atoms with van der Waals surface area (Å²) in [6, 6.07) is 5.95. The normalized spacial score (nSPS) is 14.4. The van der Waals surface area contributed by atoms with Gasteiger partial charge in [-0.2, -0.15) is 4.98 Å². The van der Waals surface area contributed by atoms with Crippen molar-refractivity contribution in [1.29, 1.82) is 0 Å². The Kier molecular flexibility index (Phi) is 7.28. The molecule has 0 unspecified atom stereocenters. The van der Waals surface area contributed by atoms with Crippen molar-refractivity contribution < 1.29 is 9.47 Å². The molecule has 1 aliphatic heterocycles. The van der Waals surface area contributed by atoms with E-state index < -0.39 is 0 Å². The summed E-state index contributed by atoms with van der Waals surface area (Å²) in [7, 11) is 0. The minimum Gasteiger partial charge on any atom is -0.488 e. The summed E-state index contributed by atoms with van der Waals surface area (Å²) in [6.45, 7) is 7.47. The van der Waals surface area contributed by atoms with Crippen LogP contribution in [-0.2, 0) is 4.74 Å². The number of benzene rings is 1. The number of aryl methyl sites for hydroxylation is 1. The van der Waals surface area contributed by atoms with Gasteiger partial charge in [0, 0.05) is 12.8 Å². The van der Waals surface area contributed by atoms with Gasteiger partial charge in [-0.1, -0.05) is 31.5 Å². The van der Waals surface area contributed by atoms with Crippen LogP contribution in [0.15, 0.2) is 24.4 Å². The van der Waals surface area contributed by atoms with E-state index >= 15 is 0 Å². The maximum atomic E-state index is 6.13. The molecule has 3 rings (SSSR count). The lowest BCUT2D eigenvalue weighted by molar-refractivity contribution is 0.0258. The van der Waals surface area contributed by atoms with Crippen molar-refractivity contribution in [1.82, 2.24) is 9.97 Å². The van der Waals surface area contributed by atoms with E-state index in [1.165, 1.54) is 6.20 Å². The van der Waals surface area contributed by atoms with Crippen LogP contribution in [0.2, 0.25) is 5.02 Å². The second-order valence-corrected chi connectivity index (χ2v) is 5.89. The van der Waals surface area contributed by atoms with Crippen LogP contribution < -0.4 is 15.8 Å². The van der Waals surface area contributed by atoms with Crippen molar-refractivity contribution in [2.75, 3.05) is 24.3 Å². The fourth-order valence-corrected chi connectivity index (χ4v) is 2.55. The summed E-state index contributed by atoms with van der Waals surface area (Å²) in [4.78, 5) is 8.00. The van der Waals surface area contributed by atoms with Gasteiger partial charge in [-0.25, -0.2) is 4.98 Å². The largest absolute Gasteiger partial charge is 0.488 e. The van der Waals surface area contributed by atoms with E-state index in [0.717, 1.165) is 43.1 Å². The number of halogens is 1. The Hall–Kier alpha value is -2.05. The minimum absolute atomic E-state index is 0.151. The molecule has 0 bridgehead atoms. The maximum absolute atomic E-state index is 6.13. The highest BCUT2D eigenvalue weighted by Gasteiger charge is 2.17. The zero-order valence-corrected chi connectivity index (χ0v) is 15.6. The number of rotatable bonds is 4. The van der Waals surface area contributed by atoms with Gasteiger partial charge in [0.05, 0.1) is 25.1 Å². The number of nitrogen functional groups attached to an aromatic ring is 1. The summed E-state index contributed by atoms with van der Waals surface area (Å²) < 4.78 is 11.5. The minimum atomic E-state index is 0.151. The van der Waals surface area contributed by atoms with E-state index in [1.807, 2.05) is 39.0 Å². The molecule has 0 saturated carbocycles. The molecule has 0 atom stereocenters. The van der Waals surface area contributed by atoms with Gasteiger partial charge < -0.3 is 20.5 Å². The van der Waals surface area contributed by atoms with Crippen LogP contribution in [0.4, 0.5) is 17.5 Å². The summed E-state index contributed by atoms with van der Waals surface area (Å²) in [5.74, 6) is 1.38. The standard InChI is InChI=1S/C16H19ClN4O2.C2H6/c1-10-2-3-14(23-11-4-6-22-7-5-11)13(8-10)20-15-12(17)9-19-16(18)21-15;1-2/h2-3,8-9,11H,4-7H2,1H3,(H3,18,19,20,21);1-2H3. The Morgan fingerprint density at radius 2 is 2.00 bits per heavy atom. The molecule has 136 valence electrons. The maximum Gasteiger partial charge on any atom is 0.222 e. The van der Waals surface area contributed by atoms with E-state index in [9.17, 15) is 0 Å². The van der Waals surface area contributed by atoms with Gasteiger partial charge in [-0.3, -0.25) is 0 Å². The van der Waals surface area contributed by atoms with Crippen molar-refractivity contribution in [2.45, 2.75) is 39.7 Å². The number of ether oxygens (including phenoxy) is 2. The fraction of sp³-hybridized carbons (Fsp3) is 0.444. The monoisotopic (exact) mass is 364 g/mol. The Balaban J connectivity index is 0.00000109. The first-order valence-corrected chi connectivity index (χ1v) is 8.90. The first kappa shape index (κ1) is 19.3. The van der Waals surface area contributed by atoms with Crippen molar-refractivity contribution >= 4 is 29.1 Å². The summed E-state index contributed by atoms with van der Waals surface area (Å²) >= 11 is 6.13. The molecule has 6 nitrogen and oxygen atoms in total. The smallest absolute Gasteiger partial charge is 0.222 e. The van der Waals surface area contributed by atoms with Gasteiger partial charge >= 0.3 is 0 Å². The molecule has 2 heterocycles. The van der Waals surface area contributed by atoms with E-state index in [1.54, 1.807) is 0 Å². The van der Waals surface area contributed by atoms with E-state index in [0.29, 0.717) is 10.8 Å². The lowest BCUT2D eigenvalue weighted by atomic mass is 10.1. The van der Waals surface area contributed by atoms with Gasteiger partial charge in [0.25, 0.3) is 0 Å². The fourth-order valence-electron chi connectivity index (χ4n) is 2.41. The summed E-state index contributed by atoms with van der Waals surface area (Å²) in [6.07, 6.45) is 3.39. The lowest BCUT2D eigenvalue weighted by Crippen LogP contribution is -2.26. The van der Waals surface area contributed by atoms with Gasteiger partial charge in [0.2, 0.25) is 5.95 Å². The molecule has 0 radical (unpaired) electrons. The summed E-state index contributed by atoms with van der Waals surface area (Å²) in [5.41, 5.74) is 7.54. The van der Waals surface area contributed by atoms with Crippen molar-refractivity contribution in [3.8, 4) is 5.75 Å². The van der Waals surface area contributed by atoms with Gasteiger partial charge in [0.1, 0.15) is 16.9 Å². The van der Waals surface area contributed by atoms with Crippen molar-refractivity contribution in [2.24, 2.45) is 0 Å². The lowest BCUT2D eigenvalue weighted by Gasteiger charge is -2.25. The molecule has 1 saturated heterocycles. The van der Waals surface area contributed by atoms with Gasteiger partial charge in [0.15, 0.2) is 5.82 Å². The Bertz CT molecular complexity index is 691. The third-order valence-electron chi connectivity index (χ3n) is 3.61. The zero-order chi connectivity index (χ0) is 18.2. The second-order valence-electron chi connectivity index (χ2n) is 5.48. The molecule has 0 aliphatic carbocycles. The Labute approximate surface area is 153 Å². The molecule has 0 spiro atoms. The number of nitrogens with two attached hydrogens (primary N) is 1. The molecule has 0 amide bonds. The van der Waals surface area contributed by atoms with E-state index in [-0.39, 0.29) is 12.1 Å². The molecule has 1 aliphatic rings. The Morgan fingerprint density at radius 1 is 1.28 bits per heavy atom. The van der Waals surface area contributed by atoms with Crippen LogP contribution >= 0.6 is 11.6 Å². The predicted molar refractivity (Wildman–Crippen MR) is 102 cm³/mol. The number of anilines is 3. The molecule has 2 aromatic rings. The van der Waals surface area contributed by atoms with Crippen molar-refractivity contribution in [3.63, 3.8) is 0 Å². The Morgan fingerprint density at radius 3 is 2.72 bits per heavy atom. The highest BCUT2D eigenvalue weighted by atomic mass is 35.5. The first-order valence-electron chi connectivity index (χ1n) is 8.52. The van der Waals surface area contributed by atoms with Crippen LogP contribution in [0, 0.1) is 6.92 Å². The van der Waals surface area contributed by atoms with E-state index in [2.05, 4.69) is 15.3 Å². The zero-order valence-electron chi connectivity index (χ0n) is 14.9. The molecular formula is C18H25ClN4O2. The second kappa shape index (κ2) is 9.44. The SMILES string of the molecule is CC.Cc1ccc(OC2CCOCC2)c(Nc2nc(N)ncc2Cl)c1. The molecular weight excluding hydrogens is 340 g/mol. The number of hydrogen-bond donors (Lipinski definition) is 2.